The van der Waals surface area contributed by atoms with E-state index in [4.69, 9.17) is 4.74 Å². The van der Waals surface area contributed by atoms with Crippen LogP contribution in [0.4, 0.5) is 0 Å². The van der Waals surface area contributed by atoms with Crippen molar-refractivity contribution in [1.82, 2.24) is 40.2 Å². The zero-order chi connectivity index (χ0) is 23.2. The highest BCUT2D eigenvalue weighted by atomic mass is 16.5. The lowest BCUT2D eigenvalue weighted by atomic mass is 9.95. The van der Waals surface area contributed by atoms with Crippen molar-refractivity contribution in [3.05, 3.63) is 47.9 Å². The fraction of sp³-hybridized carbons (Fsp3) is 0.542. The Morgan fingerprint density at radius 3 is 2.79 bits per heavy atom. The van der Waals surface area contributed by atoms with E-state index in [0.717, 1.165) is 31.6 Å². The van der Waals surface area contributed by atoms with Crippen LogP contribution in [0.15, 0.2) is 36.7 Å². The number of H-pyrrole nitrogens is 1. The van der Waals surface area contributed by atoms with E-state index in [-0.39, 0.29) is 5.91 Å². The predicted molar refractivity (Wildman–Crippen MR) is 126 cm³/mol. The Balaban J connectivity index is 1.30. The molecule has 1 unspecified atom stereocenters. The number of ether oxygens (including phenoxy) is 1. The summed E-state index contributed by atoms with van der Waals surface area (Å²) in [6.07, 6.45) is 9.64. The zero-order valence-corrected chi connectivity index (χ0v) is 19.5. The molecule has 1 atom stereocenters. The lowest BCUT2D eigenvalue weighted by molar-refractivity contribution is 0.0716. The molecule has 2 aliphatic heterocycles. The van der Waals surface area contributed by atoms with E-state index in [9.17, 15) is 4.79 Å². The Kier molecular flexibility index (Phi) is 7.13. The average molecular weight is 465 g/mol. The number of carbonyl (C=O) groups excluding carboxylic acids is 1. The van der Waals surface area contributed by atoms with Crippen LogP contribution in [0.5, 0.6) is 5.75 Å². The van der Waals surface area contributed by atoms with Gasteiger partial charge in [-0.05, 0) is 79.7 Å². The van der Waals surface area contributed by atoms with Crippen LogP contribution >= 0.6 is 0 Å². The Hall–Kier alpha value is -3.27. The van der Waals surface area contributed by atoms with Crippen molar-refractivity contribution in [3.8, 4) is 11.6 Å². The Bertz CT molecular complexity index is 1070. The van der Waals surface area contributed by atoms with Crippen molar-refractivity contribution >= 4 is 5.91 Å². The quantitative estimate of drug-likeness (QED) is 0.621. The summed E-state index contributed by atoms with van der Waals surface area (Å²) in [6.45, 7) is 3.91. The third-order valence-corrected chi connectivity index (χ3v) is 6.83. The Labute approximate surface area is 199 Å². The maximum absolute atomic E-state index is 13.3. The van der Waals surface area contributed by atoms with E-state index in [1.165, 1.54) is 48.8 Å². The fourth-order valence-corrected chi connectivity index (χ4v) is 4.99. The number of carbonyl (C=O) groups is 1. The van der Waals surface area contributed by atoms with Crippen molar-refractivity contribution in [1.29, 1.82) is 0 Å². The van der Waals surface area contributed by atoms with Gasteiger partial charge in [0.15, 0.2) is 5.82 Å². The van der Waals surface area contributed by atoms with Gasteiger partial charge >= 0.3 is 0 Å². The van der Waals surface area contributed by atoms with E-state index in [2.05, 4.69) is 48.8 Å². The number of aryl methyl sites for hydroxylation is 1. The number of rotatable bonds is 2. The Morgan fingerprint density at radius 2 is 1.91 bits per heavy atom. The summed E-state index contributed by atoms with van der Waals surface area (Å²) in [5, 5.41) is 18.1. The van der Waals surface area contributed by atoms with E-state index in [1.54, 1.807) is 6.07 Å². The summed E-state index contributed by atoms with van der Waals surface area (Å²) in [5.41, 5.74) is 1.74. The molecule has 0 saturated carbocycles. The predicted octanol–water partition coefficient (Wildman–Crippen LogP) is 2.49. The molecular formula is C24H32N8O2. The van der Waals surface area contributed by atoms with Gasteiger partial charge in [0.2, 0.25) is 0 Å². The SMILES string of the molecule is O=C(c1cc(-n2cnnn2)n[nH]1)N1CCCCN2CCCCC2CCc2cccc(c2)OCC1. The van der Waals surface area contributed by atoms with Crippen molar-refractivity contribution in [2.24, 2.45) is 0 Å². The average Bonchev–Trinajstić information content (AvgIpc) is 3.56. The third-order valence-electron chi connectivity index (χ3n) is 6.83. The second-order valence-electron chi connectivity index (χ2n) is 9.11. The van der Waals surface area contributed by atoms with Gasteiger partial charge in [0.25, 0.3) is 5.91 Å². The van der Waals surface area contributed by atoms with E-state index < -0.39 is 0 Å². The monoisotopic (exact) mass is 464 g/mol. The molecular weight excluding hydrogens is 432 g/mol. The van der Waals surface area contributed by atoms with Crippen LogP contribution < -0.4 is 4.74 Å². The number of tetrazole rings is 1. The van der Waals surface area contributed by atoms with Gasteiger partial charge in [-0.2, -0.15) is 9.78 Å². The summed E-state index contributed by atoms with van der Waals surface area (Å²) in [4.78, 5) is 17.8. The van der Waals surface area contributed by atoms with Crippen molar-refractivity contribution in [2.45, 2.75) is 51.0 Å². The van der Waals surface area contributed by atoms with E-state index in [0.29, 0.717) is 37.3 Å². The molecule has 0 spiro atoms. The molecule has 0 aliphatic carbocycles. The number of hydrogen-bond acceptors (Lipinski definition) is 7. The minimum absolute atomic E-state index is 0.0932. The van der Waals surface area contributed by atoms with Crippen molar-refractivity contribution in [3.63, 3.8) is 0 Å². The lowest BCUT2D eigenvalue weighted by Crippen LogP contribution is -2.41. The van der Waals surface area contributed by atoms with Gasteiger partial charge in [0.1, 0.15) is 24.4 Å². The standard InChI is InChI=1S/C24H32N8O2/c33-24(22-17-23(27-26-22)32-18-25-28-29-32)31-13-4-3-12-30-11-2-1-7-20(30)10-9-19-6-5-8-21(16-19)34-15-14-31/h5-6,8,16-18,20H,1-4,7,9-15H2,(H,26,27). The summed E-state index contributed by atoms with van der Waals surface area (Å²) in [6, 6.07) is 10.7. The van der Waals surface area contributed by atoms with Gasteiger partial charge in [-0.1, -0.05) is 18.6 Å². The van der Waals surface area contributed by atoms with Gasteiger partial charge in [-0.25, -0.2) is 0 Å². The first-order valence-corrected chi connectivity index (χ1v) is 12.3. The van der Waals surface area contributed by atoms with Crippen LogP contribution in [0.1, 0.15) is 54.6 Å². The van der Waals surface area contributed by atoms with Crippen molar-refractivity contribution in [2.75, 3.05) is 32.8 Å². The third kappa shape index (κ3) is 5.44. The van der Waals surface area contributed by atoms with Crippen LogP contribution in [0.2, 0.25) is 0 Å². The van der Waals surface area contributed by atoms with Gasteiger partial charge < -0.3 is 14.5 Å². The molecule has 5 rings (SSSR count). The lowest BCUT2D eigenvalue weighted by Gasteiger charge is -2.36. The molecule has 180 valence electrons. The summed E-state index contributed by atoms with van der Waals surface area (Å²) >= 11 is 0. The van der Waals surface area contributed by atoms with Crippen LogP contribution in [0.3, 0.4) is 0 Å². The topological polar surface area (TPSA) is 105 Å². The fourth-order valence-electron chi connectivity index (χ4n) is 4.99. The summed E-state index contributed by atoms with van der Waals surface area (Å²) < 4.78 is 7.47. The smallest absolute Gasteiger partial charge is 0.272 e. The van der Waals surface area contributed by atoms with Gasteiger partial charge in [-0.3, -0.25) is 9.89 Å². The molecule has 1 saturated heterocycles. The molecule has 1 fully saturated rings. The highest BCUT2D eigenvalue weighted by Gasteiger charge is 2.23. The van der Waals surface area contributed by atoms with Crippen molar-refractivity contribution < 1.29 is 9.53 Å². The molecule has 1 aromatic carbocycles. The number of aromatic nitrogens is 6. The highest BCUT2D eigenvalue weighted by molar-refractivity contribution is 5.92. The molecule has 10 nitrogen and oxygen atoms in total. The molecule has 3 aromatic rings. The molecule has 2 aromatic heterocycles. The number of piperidine rings is 1. The van der Waals surface area contributed by atoms with Gasteiger partial charge in [0.05, 0.1) is 6.54 Å². The van der Waals surface area contributed by atoms with E-state index >= 15 is 0 Å². The van der Waals surface area contributed by atoms with Crippen LogP contribution in [-0.2, 0) is 6.42 Å². The number of nitrogens with zero attached hydrogens (tertiary/aromatic N) is 7. The minimum Gasteiger partial charge on any atom is -0.492 e. The largest absolute Gasteiger partial charge is 0.492 e. The number of benzene rings is 1. The molecule has 0 radical (unpaired) electrons. The molecule has 2 bridgehead atoms. The molecule has 1 amide bonds. The first kappa shape index (κ1) is 22.5. The first-order chi connectivity index (χ1) is 16.8. The molecule has 4 heterocycles. The summed E-state index contributed by atoms with van der Waals surface area (Å²) in [7, 11) is 0. The molecule has 10 heteroatoms. The molecule has 1 N–H and O–H groups in total. The molecule has 2 aliphatic rings. The molecule has 34 heavy (non-hydrogen) atoms. The minimum atomic E-state index is -0.0932. The first-order valence-electron chi connectivity index (χ1n) is 12.3. The number of fused-ring (bicyclic) bond motifs is 3. The second kappa shape index (κ2) is 10.8. The van der Waals surface area contributed by atoms with Crippen LogP contribution in [0.25, 0.3) is 5.82 Å². The zero-order valence-electron chi connectivity index (χ0n) is 19.5. The maximum Gasteiger partial charge on any atom is 0.272 e. The normalized spacial score (nSPS) is 20.6. The van der Waals surface area contributed by atoms with Gasteiger partial charge in [-0.15, -0.1) is 5.10 Å². The highest BCUT2D eigenvalue weighted by Crippen LogP contribution is 2.23. The van der Waals surface area contributed by atoms with Crippen LogP contribution in [-0.4, -0.2) is 84.9 Å². The van der Waals surface area contributed by atoms with Gasteiger partial charge in [0, 0.05) is 18.7 Å². The van der Waals surface area contributed by atoms with E-state index in [1.807, 2.05) is 11.0 Å². The maximum atomic E-state index is 13.3. The summed E-state index contributed by atoms with van der Waals surface area (Å²) in [5.74, 6) is 1.25. The number of hydrogen-bond donors (Lipinski definition) is 1. The number of aromatic amines is 1. The second-order valence-corrected chi connectivity index (χ2v) is 9.11. The number of nitrogens with one attached hydrogen (secondary N) is 1. The van der Waals surface area contributed by atoms with Crippen LogP contribution in [0, 0.1) is 0 Å². The Morgan fingerprint density at radius 1 is 1.03 bits per heavy atom. The number of amides is 1.